The van der Waals surface area contributed by atoms with Crippen LogP contribution in [0, 0.1) is 5.92 Å². The van der Waals surface area contributed by atoms with E-state index in [4.69, 9.17) is 4.74 Å². The second-order valence-corrected chi connectivity index (χ2v) is 5.11. The van der Waals surface area contributed by atoms with Gasteiger partial charge in [0, 0.05) is 0 Å². The highest BCUT2D eigenvalue weighted by Gasteiger charge is 2.23. The molecular formula is C11H22O. The maximum Gasteiger partial charge on any atom is 0.0602 e. The van der Waals surface area contributed by atoms with E-state index in [1.807, 2.05) is 0 Å². The number of hydrogen-bond acceptors (Lipinski definition) is 1. The van der Waals surface area contributed by atoms with Crippen LogP contribution in [0.25, 0.3) is 0 Å². The molecule has 0 unspecified atom stereocenters. The van der Waals surface area contributed by atoms with E-state index in [2.05, 4.69) is 27.7 Å². The maximum atomic E-state index is 5.93. The van der Waals surface area contributed by atoms with Gasteiger partial charge in [-0.15, -0.1) is 0 Å². The Bertz CT molecular complexity index is 126. The van der Waals surface area contributed by atoms with Crippen LogP contribution in [0.3, 0.4) is 0 Å². The molecule has 0 aliphatic heterocycles. The Hall–Kier alpha value is -0.0400. The molecule has 1 aliphatic carbocycles. The van der Waals surface area contributed by atoms with Crippen molar-refractivity contribution in [2.24, 2.45) is 5.92 Å². The predicted molar refractivity (Wildman–Crippen MR) is 52.3 cm³/mol. The van der Waals surface area contributed by atoms with Crippen LogP contribution in [-0.2, 0) is 4.74 Å². The van der Waals surface area contributed by atoms with Crippen molar-refractivity contribution in [1.82, 2.24) is 0 Å². The molecule has 72 valence electrons. The molecule has 1 nitrogen and oxygen atoms in total. The van der Waals surface area contributed by atoms with E-state index < -0.39 is 0 Å². The largest absolute Gasteiger partial charge is 0.373 e. The van der Waals surface area contributed by atoms with Gasteiger partial charge in [0.2, 0.25) is 0 Å². The minimum absolute atomic E-state index is 0.0469. The highest BCUT2D eigenvalue weighted by Crippen LogP contribution is 2.28. The van der Waals surface area contributed by atoms with Gasteiger partial charge < -0.3 is 4.74 Å². The Morgan fingerprint density at radius 3 is 1.92 bits per heavy atom. The van der Waals surface area contributed by atoms with E-state index in [0.717, 1.165) is 5.92 Å². The van der Waals surface area contributed by atoms with Crippen molar-refractivity contribution in [3.05, 3.63) is 0 Å². The average molecular weight is 170 g/mol. The number of ether oxygens (including phenoxy) is 1. The Kier molecular flexibility index (Phi) is 3.16. The smallest absolute Gasteiger partial charge is 0.0602 e. The summed E-state index contributed by atoms with van der Waals surface area (Å²) in [4.78, 5) is 0. The predicted octanol–water partition coefficient (Wildman–Crippen LogP) is 3.38. The zero-order chi connectivity index (χ0) is 9.19. The number of hydrogen-bond donors (Lipinski definition) is 0. The third kappa shape index (κ3) is 3.57. The normalized spacial score (nSPS) is 32.0. The lowest BCUT2D eigenvalue weighted by molar-refractivity contribution is -0.0774. The van der Waals surface area contributed by atoms with Crippen molar-refractivity contribution in [2.45, 2.75) is 65.1 Å². The molecule has 0 aromatic carbocycles. The second-order valence-electron chi connectivity index (χ2n) is 5.11. The lowest BCUT2D eigenvalue weighted by Crippen LogP contribution is -2.30. The Balaban J connectivity index is 2.26. The molecule has 1 heteroatoms. The summed E-state index contributed by atoms with van der Waals surface area (Å²) in [6, 6.07) is 0. The van der Waals surface area contributed by atoms with E-state index in [9.17, 15) is 0 Å². The van der Waals surface area contributed by atoms with E-state index in [-0.39, 0.29) is 5.60 Å². The van der Waals surface area contributed by atoms with Gasteiger partial charge in [0.15, 0.2) is 0 Å². The summed E-state index contributed by atoms with van der Waals surface area (Å²) in [5.74, 6) is 0.921. The molecule has 0 N–H and O–H groups in total. The van der Waals surface area contributed by atoms with Gasteiger partial charge in [-0.25, -0.2) is 0 Å². The average Bonchev–Trinajstić information content (AvgIpc) is 1.91. The van der Waals surface area contributed by atoms with E-state index in [0.29, 0.717) is 6.10 Å². The first-order valence-electron chi connectivity index (χ1n) is 5.15. The quantitative estimate of drug-likeness (QED) is 0.586. The molecule has 0 aromatic rings. The van der Waals surface area contributed by atoms with Gasteiger partial charge in [-0.2, -0.15) is 0 Å². The maximum absolute atomic E-state index is 5.93. The van der Waals surface area contributed by atoms with Crippen molar-refractivity contribution in [3.8, 4) is 0 Å². The third-order valence-electron chi connectivity index (χ3n) is 2.48. The molecule has 1 aliphatic rings. The molecule has 1 rings (SSSR count). The van der Waals surface area contributed by atoms with Crippen molar-refractivity contribution in [1.29, 1.82) is 0 Å². The second kappa shape index (κ2) is 3.78. The van der Waals surface area contributed by atoms with Gasteiger partial charge in [-0.1, -0.05) is 6.92 Å². The van der Waals surface area contributed by atoms with Gasteiger partial charge in [0.05, 0.1) is 11.7 Å². The summed E-state index contributed by atoms with van der Waals surface area (Å²) in [7, 11) is 0. The van der Waals surface area contributed by atoms with Crippen molar-refractivity contribution < 1.29 is 4.74 Å². The van der Waals surface area contributed by atoms with Crippen LogP contribution in [0.4, 0.5) is 0 Å². The van der Waals surface area contributed by atoms with E-state index in [1.165, 1.54) is 25.7 Å². The summed E-state index contributed by atoms with van der Waals surface area (Å²) in [6.07, 6.45) is 5.75. The Morgan fingerprint density at radius 1 is 1.00 bits per heavy atom. The first-order valence-corrected chi connectivity index (χ1v) is 5.15. The SMILES string of the molecule is CC(C)(C)O[C@H]1CC[C@H](C)CC1. The zero-order valence-electron chi connectivity index (χ0n) is 8.89. The van der Waals surface area contributed by atoms with E-state index in [1.54, 1.807) is 0 Å². The molecule has 0 atom stereocenters. The molecule has 0 bridgehead atoms. The monoisotopic (exact) mass is 170 g/mol. The highest BCUT2D eigenvalue weighted by molar-refractivity contribution is 4.73. The molecule has 0 saturated heterocycles. The summed E-state index contributed by atoms with van der Waals surface area (Å²) in [6.45, 7) is 8.77. The van der Waals surface area contributed by atoms with Crippen LogP contribution in [0.2, 0.25) is 0 Å². The molecule has 0 amide bonds. The fourth-order valence-corrected chi connectivity index (χ4v) is 1.85. The highest BCUT2D eigenvalue weighted by atomic mass is 16.5. The summed E-state index contributed by atoms with van der Waals surface area (Å²) >= 11 is 0. The number of rotatable bonds is 1. The molecule has 0 radical (unpaired) electrons. The van der Waals surface area contributed by atoms with Crippen molar-refractivity contribution >= 4 is 0 Å². The van der Waals surface area contributed by atoms with Gasteiger partial charge in [0.1, 0.15) is 0 Å². The van der Waals surface area contributed by atoms with Gasteiger partial charge in [0.25, 0.3) is 0 Å². The van der Waals surface area contributed by atoms with Gasteiger partial charge >= 0.3 is 0 Å². The fraction of sp³-hybridized carbons (Fsp3) is 1.00. The molecule has 1 fully saturated rings. The van der Waals surface area contributed by atoms with Crippen LogP contribution in [0.5, 0.6) is 0 Å². The lowest BCUT2D eigenvalue weighted by atomic mass is 9.88. The molecular weight excluding hydrogens is 148 g/mol. The summed E-state index contributed by atoms with van der Waals surface area (Å²) in [5.41, 5.74) is 0.0469. The van der Waals surface area contributed by atoms with Crippen LogP contribution in [0.1, 0.15) is 53.4 Å². The standard InChI is InChI=1S/C11H22O/c1-9-5-7-10(8-6-9)12-11(2,3)4/h9-10H,5-8H2,1-4H3/t9-,10-. The lowest BCUT2D eigenvalue weighted by Gasteiger charge is -2.32. The minimum Gasteiger partial charge on any atom is -0.373 e. The first kappa shape index (κ1) is 10.0. The first-order chi connectivity index (χ1) is 5.47. The Morgan fingerprint density at radius 2 is 1.50 bits per heavy atom. The summed E-state index contributed by atoms with van der Waals surface area (Å²) < 4.78 is 5.93. The van der Waals surface area contributed by atoms with Gasteiger partial charge in [-0.05, 0) is 52.4 Å². The molecule has 12 heavy (non-hydrogen) atoms. The Labute approximate surface area is 76.5 Å². The van der Waals surface area contributed by atoms with Crippen molar-refractivity contribution in [3.63, 3.8) is 0 Å². The molecule has 0 heterocycles. The van der Waals surface area contributed by atoms with Crippen LogP contribution < -0.4 is 0 Å². The van der Waals surface area contributed by atoms with Crippen LogP contribution >= 0.6 is 0 Å². The summed E-state index contributed by atoms with van der Waals surface area (Å²) in [5, 5.41) is 0. The molecule has 1 saturated carbocycles. The third-order valence-corrected chi connectivity index (χ3v) is 2.48. The van der Waals surface area contributed by atoms with E-state index >= 15 is 0 Å². The van der Waals surface area contributed by atoms with Crippen LogP contribution in [-0.4, -0.2) is 11.7 Å². The van der Waals surface area contributed by atoms with Crippen molar-refractivity contribution in [2.75, 3.05) is 0 Å². The molecule has 0 aromatic heterocycles. The van der Waals surface area contributed by atoms with Crippen LogP contribution in [0.15, 0.2) is 0 Å². The zero-order valence-corrected chi connectivity index (χ0v) is 8.89. The fourth-order valence-electron chi connectivity index (χ4n) is 1.85. The minimum atomic E-state index is 0.0469. The van der Waals surface area contributed by atoms with Gasteiger partial charge in [-0.3, -0.25) is 0 Å². The topological polar surface area (TPSA) is 9.23 Å². The molecule has 0 spiro atoms.